The zero-order chi connectivity index (χ0) is 23.9. The van der Waals surface area contributed by atoms with Crippen LogP contribution >= 0.6 is 0 Å². The van der Waals surface area contributed by atoms with E-state index in [1.54, 1.807) is 0 Å². The highest BCUT2D eigenvalue weighted by Crippen LogP contribution is 2.36. The number of alkyl halides is 2. The Hall–Kier alpha value is -2.46. The van der Waals surface area contributed by atoms with Crippen LogP contribution in [0.5, 0.6) is 0 Å². The van der Waals surface area contributed by atoms with Crippen LogP contribution in [0, 0.1) is 17.8 Å². The largest absolute Gasteiger partial charge is 0.480 e. The number of carboxylic acid groups (broad SMARTS) is 1. The van der Waals surface area contributed by atoms with E-state index in [1.807, 2.05) is 13.8 Å². The molecule has 1 aliphatic heterocycles. The second kappa shape index (κ2) is 11.4. The molecule has 1 saturated heterocycles. The number of nitrogens with one attached hydrogen (secondary N) is 3. The maximum Gasteiger partial charge on any atom is 0.407 e. The minimum absolute atomic E-state index is 0.00974. The summed E-state index contributed by atoms with van der Waals surface area (Å²) in [5, 5.41) is 17.0. The smallest absolute Gasteiger partial charge is 0.407 e. The van der Waals surface area contributed by atoms with Crippen molar-refractivity contribution in [1.82, 2.24) is 16.0 Å². The van der Waals surface area contributed by atoms with Gasteiger partial charge in [0.2, 0.25) is 17.7 Å². The molecule has 9 nitrogen and oxygen atoms in total. The van der Waals surface area contributed by atoms with Gasteiger partial charge >= 0.3 is 12.1 Å². The van der Waals surface area contributed by atoms with Gasteiger partial charge in [0, 0.05) is 25.3 Å². The first-order valence-electron chi connectivity index (χ1n) is 11.1. The summed E-state index contributed by atoms with van der Waals surface area (Å²) >= 11 is 0. The van der Waals surface area contributed by atoms with Crippen LogP contribution in [-0.4, -0.2) is 60.1 Å². The lowest BCUT2D eigenvalue weighted by atomic mass is 9.87. The summed E-state index contributed by atoms with van der Waals surface area (Å²) in [5.74, 6) is -5.51. The van der Waals surface area contributed by atoms with E-state index in [2.05, 4.69) is 16.0 Å². The normalized spacial score (nSPS) is 22.7. The predicted octanol–water partition coefficient (Wildman–Crippen LogP) is 2.05. The number of hydrogen-bond acceptors (Lipinski definition) is 5. The monoisotopic (exact) mass is 461 g/mol. The van der Waals surface area contributed by atoms with Crippen LogP contribution in [0.15, 0.2) is 0 Å². The Morgan fingerprint density at radius 1 is 1.16 bits per heavy atom. The van der Waals surface area contributed by atoms with Crippen LogP contribution in [0.25, 0.3) is 0 Å². The summed E-state index contributed by atoms with van der Waals surface area (Å²) in [4.78, 5) is 48.3. The number of amides is 3. The van der Waals surface area contributed by atoms with Crippen molar-refractivity contribution < 1.29 is 37.8 Å². The molecule has 0 spiro atoms. The average Bonchev–Trinajstić information content (AvgIpc) is 3.10. The lowest BCUT2D eigenvalue weighted by Gasteiger charge is -2.28. The fraction of sp³-hybridized carbons (Fsp3) is 0.810. The Bertz CT molecular complexity index is 693. The van der Waals surface area contributed by atoms with E-state index >= 15 is 0 Å². The summed E-state index contributed by atoms with van der Waals surface area (Å²) < 4.78 is 31.6. The summed E-state index contributed by atoms with van der Waals surface area (Å²) in [6, 6.07) is -2.30. The zero-order valence-electron chi connectivity index (χ0n) is 18.5. The molecule has 11 heteroatoms. The maximum absolute atomic E-state index is 13.2. The van der Waals surface area contributed by atoms with Crippen LogP contribution in [0.2, 0.25) is 0 Å². The quantitative estimate of drug-likeness (QED) is 0.393. The molecule has 0 radical (unpaired) electrons. The lowest BCUT2D eigenvalue weighted by Crippen LogP contribution is -2.52. The van der Waals surface area contributed by atoms with Gasteiger partial charge in [-0.1, -0.05) is 13.8 Å². The SMILES string of the molecule is CC(C)CC(NC(=O)OCC1CCC(F)(F)CC1)C(=O)NC(C[C@@H]1CCNC1=O)C(=O)O. The van der Waals surface area contributed by atoms with Gasteiger partial charge in [0.1, 0.15) is 12.1 Å². The van der Waals surface area contributed by atoms with Crippen molar-refractivity contribution >= 4 is 23.9 Å². The van der Waals surface area contributed by atoms with Gasteiger partial charge < -0.3 is 25.8 Å². The van der Waals surface area contributed by atoms with E-state index in [4.69, 9.17) is 4.74 Å². The first-order valence-corrected chi connectivity index (χ1v) is 11.1. The highest BCUT2D eigenvalue weighted by Gasteiger charge is 2.36. The van der Waals surface area contributed by atoms with Gasteiger partial charge in [-0.25, -0.2) is 18.4 Å². The van der Waals surface area contributed by atoms with Crippen molar-refractivity contribution in [3.05, 3.63) is 0 Å². The molecule has 0 bridgehead atoms. The van der Waals surface area contributed by atoms with Crippen molar-refractivity contribution in [2.75, 3.05) is 13.2 Å². The standard InChI is InChI=1S/C21H33F2N3O6/c1-12(2)9-15(26-20(31)32-11-13-3-6-21(22,23)7-4-13)18(28)25-16(19(29)30)10-14-5-8-24-17(14)27/h12-16H,3-11H2,1-2H3,(H,24,27)(H,25,28)(H,26,31)(H,29,30)/t14-,15?,16?/m0/s1. The van der Waals surface area contributed by atoms with Crippen LogP contribution < -0.4 is 16.0 Å². The minimum atomic E-state index is -2.67. The molecule has 1 saturated carbocycles. The van der Waals surface area contributed by atoms with Crippen LogP contribution in [0.1, 0.15) is 58.8 Å². The number of carbonyl (C=O) groups excluding carboxylic acids is 3. The molecule has 2 fully saturated rings. The summed E-state index contributed by atoms with van der Waals surface area (Å²) in [7, 11) is 0. The molecule has 1 heterocycles. The molecule has 0 aromatic rings. The van der Waals surface area contributed by atoms with E-state index in [9.17, 15) is 33.1 Å². The number of rotatable bonds is 10. The van der Waals surface area contributed by atoms with Gasteiger partial charge in [0.25, 0.3) is 0 Å². The first kappa shape index (κ1) is 25.8. The maximum atomic E-state index is 13.2. The van der Waals surface area contributed by atoms with E-state index < -0.39 is 41.9 Å². The molecule has 0 aromatic carbocycles. The Morgan fingerprint density at radius 2 is 1.81 bits per heavy atom. The third kappa shape index (κ3) is 8.23. The summed E-state index contributed by atoms with van der Waals surface area (Å²) in [6.45, 7) is 4.12. The number of alkyl carbamates (subject to hydrolysis) is 1. The number of carboxylic acids is 1. The zero-order valence-corrected chi connectivity index (χ0v) is 18.5. The van der Waals surface area contributed by atoms with E-state index in [0.717, 1.165) is 0 Å². The van der Waals surface area contributed by atoms with Crippen molar-refractivity contribution in [3.63, 3.8) is 0 Å². The first-order chi connectivity index (χ1) is 15.0. The second-order valence-electron chi connectivity index (χ2n) is 9.14. The van der Waals surface area contributed by atoms with Crippen molar-refractivity contribution in [2.24, 2.45) is 17.8 Å². The van der Waals surface area contributed by atoms with Gasteiger partial charge in [-0.05, 0) is 43.9 Å². The van der Waals surface area contributed by atoms with E-state index in [0.29, 0.717) is 13.0 Å². The molecule has 3 atom stereocenters. The predicted molar refractivity (Wildman–Crippen MR) is 110 cm³/mol. The molecule has 32 heavy (non-hydrogen) atoms. The molecule has 4 N–H and O–H groups in total. The van der Waals surface area contributed by atoms with Gasteiger partial charge in [-0.2, -0.15) is 0 Å². The van der Waals surface area contributed by atoms with Crippen LogP contribution in [-0.2, 0) is 19.1 Å². The molecule has 2 unspecified atom stereocenters. The van der Waals surface area contributed by atoms with Crippen LogP contribution in [0.3, 0.4) is 0 Å². The van der Waals surface area contributed by atoms with Gasteiger partial charge in [-0.15, -0.1) is 0 Å². The van der Waals surface area contributed by atoms with Gasteiger partial charge in [0.05, 0.1) is 6.61 Å². The lowest BCUT2D eigenvalue weighted by molar-refractivity contribution is -0.143. The van der Waals surface area contributed by atoms with Crippen LogP contribution in [0.4, 0.5) is 13.6 Å². The number of carbonyl (C=O) groups is 4. The number of halogens is 2. The van der Waals surface area contributed by atoms with Gasteiger partial charge in [0.15, 0.2) is 0 Å². The Kier molecular flexibility index (Phi) is 9.21. The molecule has 1 aliphatic carbocycles. The van der Waals surface area contributed by atoms with Crippen molar-refractivity contribution in [3.8, 4) is 0 Å². The number of ether oxygens (including phenoxy) is 1. The Labute approximate surface area is 186 Å². The molecule has 2 aliphatic rings. The third-order valence-corrected chi connectivity index (χ3v) is 5.90. The number of hydrogen-bond donors (Lipinski definition) is 4. The molecule has 3 amide bonds. The summed E-state index contributed by atoms with van der Waals surface area (Å²) in [6.07, 6.45) is -0.134. The molecule has 182 valence electrons. The van der Waals surface area contributed by atoms with Gasteiger partial charge in [-0.3, -0.25) is 9.59 Å². The highest BCUT2D eigenvalue weighted by atomic mass is 19.3. The minimum Gasteiger partial charge on any atom is -0.480 e. The topological polar surface area (TPSA) is 134 Å². The average molecular weight is 462 g/mol. The fourth-order valence-corrected chi connectivity index (χ4v) is 4.00. The highest BCUT2D eigenvalue weighted by molar-refractivity contribution is 5.89. The Morgan fingerprint density at radius 3 is 2.34 bits per heavy atom. The van der Waals surface area contributed by atoms with E-state index in [-0.39, 0.29) is 62.9 Å². The number of aliphatic carboxylic acids is 1. The second-order valence-corrected chi connectivity index (χ2v) is 9.14. The molecule has 0 aromatic heterocycles. The summed E-state index contributed by atoms with van der Waals surface area (Å²) in [5.41, 5.74) is 0. The van der Waals surface area contributed by atoms with Crippen molar-refractivity contribution in [1.29, 1.82) is 0 Å². The Balaban J connectivity index is 1.89. The fourth-order valence-electron chi connectivity index (χ4n) is 4.00. The third-order valence-electron chi connectivity index (χ3n) is 5.90. The molecule has 2 rings (SSSR count). The molecular formula is C21H33F2N3O6. The van der Waals surface area contributed by atoms with E-state index in [1.165, 1.54) is 0 Å². The van der Waals surface area contributed by atoms with Crippen molar-refractivity contribution in [2.45, 2.75) is 76.8 Å². The molecular weight excluding hydrogens is 428 g/mol.